The smallest absolute Gasteiger partial charge is 0.258 e. The molecule has 7 nitrogen and oxygen atoms in total. The minimum absolute atomic E-state index is 0.0875. The Kier molecular flexibility index (Phi) is 4.68. The van der Waals surface area contributed by atoms with Gasteiger partial charge < -0.3 is 19.9 Å². The van der Waals surface area contributed by atoms with E-state index in [0.29, 0.717) is 36.4 Å². The fourth-order valence-electron chi connectivity index (χ4n) is 2.66. The molecule has 122 valence electrons. The molecule has 23 heavy (non-hydrogen) atoms. The minimum Gasteiger partial charge on any atom is -0.366 e. The van der Waals surface area contributed by atoms with Crippen LogP contribution in [-0.4, -0.2) is 53.1 Å². The van der Waals surface area contributed by atoms with Gasteiger partial charge in [0, 0.05) is 19.6 Å². The van der Waals surface area contributed by atoms with Gasteiger partial charge in [-0.05, 0) is 19.1 Å². The maximum Gasteiger partial charge on any atom is 0.258 e. The highest BCUT2D eigenvalue weighted by atomic mass is 16.5. The van der Waals surface area contributed by atoms with Gasteiger partial charge in [0.05, 0.1) is 24.1 Å². The van der Waals surface area contributed by atoms with E-state index in [1.807, 2.05) is 13.0 Å². The van der Waals surface area contributed by atoms with Crippen molar-refractivity contribution in [2.75, 3.05) is 26.2 Å². The summed E-state index contributed by atoms with van der Waals surface area (Å²) in [4.78, 5) is 33.5. The van der Waals surface area contributed by atoms with Gasteiger partial charge in [0.15, 0.2) is 0 Å². The number of rotatable bonds is 4. The quantitative estimate of drug-likeness (QED) is 0.845. The maximum atomic E-state index is 12.5. The normalized spacial score (nSPS) is 18.0. The van der Waals surface area contributed by atoms with Crippen molar-refractivity contribution in [3.8, 4) is 0 Å². The molecule has 1 amide bonds. The molecule has 0 saturated carbocycles. The zero-order valence-electron chi connectivity index (χ0n) is 13.0. The molecule has 2 N–H and O–H groups in total. The standard InChI is InChI=1S/C16H20N4O3/c1-2-20(16(22)13-9-17-7-8-23-13)10-14-18-12-6-4-3-5-11(12)15(21)19-14/h3-6,13,17H,2,7-10H2,1H3,(H,18,19,21). The van der Waals surface area contributed by atoms with Crippen LogP contribution in [0.5, 0.6) is 0 Å². The van der Waals surface area contributed by atoms with Gasteiger partial charge in [-0.25, -0.2) is 4.98 Å². The summed E-state index contributed by atoms with van der Waals surface area (Å²) < 4.78 is 5.51. The van der Waals surface area contributed by atoms with Gasteiger partial charge in [-0.2, -0.15) is 0 Å². The van der Waals surface area contributed by atoms with E-state index in [0.717, 1.165) is 6.54 Å². The average Bonchev–Trinajstić information content (AvgIpc) is 2.60. The first-order valence-corrected chi connectivity index (χ1v) is 7.78. The molecule has 1 saturated heterocycles. The summed E-state index contributed by atoms with van der Waals surface area (Å²) in [7, 11) is 0. The molecule has 7 heteroatoms. The van der Waals surface area contributed by atoms with Crippen molar-refractivity contribution >= 4 is 16.8 Å². The Hall–Kier alpha value is -2.25. The summed E-state index contributed by atoms with van der Waals surface area (Å²) in [6.07, 6.45) is -0.476. The van der Waals surface area contributed by atoms with E-state index in [1.165, 1.54) is 0 Å². The number of likely N-dealkylation sites (N-methyl/N-ethyl adjacent to an activating group) is 1. The molecule has 1 unspecified atom stereocenters. The van der Waals surface area contributed by atoms with E-state index in [9.17, 15) is 9.59 Å². The lowest BCUT2D eigenvalue weighted by Gasteiger charge is -2.28. The van der Waals surface area contributed by atoms with Crippen molar-refractivity contribution < 1.29 is 9.53 Å². The first kappa shape index (κ1) is 15.6. The van der Waals surface area contributed by atoms with E-state index < -0.39 is 6.10 Å². The van der Waals surface area contributed by atoms with Crippen molar-refractivity contribution in [3.05, 3.63) is 40.4 Å². The number of H-pyrrole nitrogens is 1. The number of hydrogen-bond donors (Lipinski definition) is 2. The summed E-state index contributed by atoms with van der Waals surface area (Å²) >= 11 is 0. The van der Waals surface area contributed by atoms with E-state index >= 15 is 0 Å². The molecule has 1 aromatic heterocycles. The molecule has 0 bridgehead atoms. The van der Waals surface area contributed by atoms with Crippen molar-refractivity contribution in [3.63, 3.8) is 0 Å². The number of benzene rings is 1. The van der Waals surface area contributed by atoms with Gasteiger partial charge in [-0.1, -0.05) is 12.1 Å². The predicted molar refractivity (Wildman–Crippen MR) is 86.1 cm³/mol. The fourth-order valence-corrected chi connectivity index (χ4v) is 2.66. The van der Waals surface area contributed by atoms with Crippen molar-refractivity contribution in [2.45, 2.75) is 19.6 Å². The van der Waals surface area contributed by atoms with Gasteiger partial charge in [0.25, 0.3) is 11.5 Å². The van der Waals surface area contributed by atoms with Crippen LogP contribution in [0.1, 0.15) is 12.7 Å². The summed E-state index contributed by atoms with van der Waals surface area (Å²) in [5.41, 5.74) is 0.440. The summed E-state index contributed by atoms with van der Waals surface area (Å²) in [6.45, 7) is 4.48. The number of fused-ring (bicyclic) bond motifs is 1. The molecule has 0 aliphatic carbocycles. The fraction of sp³-hybridized carbons (Fsp3) is 0.438. The highest BCUT2D eigenvalue weighted by Gasteiger charge is 2.26. The van der Waals surface area contributed by atoms with Crippen LogP contribution in [0.2, 0.25) is 0 Å². The van der Waals surface area contributed by atoms with Crippen LogP contribution in [0.25, 0.3) is 10.9 Å². The summed E-state index contributed by atoms with van der Waals surface area (Å²) in [6, 6.07) is 7.16. The lowest BCUT2D eigenvalue weighted by atomic mass is 10.2. The van der Waals surface area contributed by atoms with Crippen molar-refractivity contribution in [1.82, 2.24) is 20.2 Å². The number of carbonyl (C=O) groups is 1. The molecule has 1 aliphatic rings. The number of para-hydroxylation sites is 1. The Balaban J connectivity index is 1.81. The highest BCUT2D eigenvalue weighted by molar-refractivity contribution is 5.81. The Bertz CT molecular complexity index is 752. The summed E-state index contributed by atoms with van der Waals surface area (Å²) in [5, 5.41) is 3.69. The topological polar surface area (TPSA) is 87.3 Å². The van der Waals surface area contributed by atoms with E-state index in [-0.39, 0.29) is 18.0 Å². The average molecular weight is 316 g/mol. The van der Waals surface area contributed by atoms with Gasteiger partial charge in [-0.3, -0.25) is 9.59 Å². The summed E-state index contributed by atoms with van der Waals surface area (Å²) in [5.74, 6) is 0.392. The van der Waals surface area contributed by atoms with Crippen LogP contribution < -0.4 is 10.9 Å². The zero-order chi connectivity index (χ0) is 16.2. The van der Waals surface area contributed by atoms with Crippen molar-refractivity contribution in [2.24, 2.45) is 0 Å². The number of amides is 1. The highest BCUT2D eigenvalue weighted by Crippen LogP contribution is 2.09. The predicted octanol–water partition coefficient (Wildman–Crippen LogP) is 0.260. The van der Waals surface area contributed by atoms with Gasteiger partial charge in [0.1, 0.15) is 11.9 Å². The number of morpholine rings is 1. The number of aromatic nitrogens is 2. The van der Waals surface area contributed by atoms with Gasteiger partial charge in [0.2, 0.25) is 0 Å². The number of nitrogens with zero attached hydrogens (tertiary/aromatic N) is 2. The third kappa shape index (κ3) is 3.40. The minimum atomic E-state index is -0.476. The molecular formula is C16H20N4O3. The number of nitrogens with one attached hydrogen (secondary N) is 2. The maximum absolute atomic E-state index is 12.5. The van der Waals surface area contributed by atoms with E-state index in [4.69, 9.17) is 4.74 Å². The SMILES string of the molecule is CCN(Cc1nc2ccccc2c(=O)[nH]1)C(=O)C1CNCCO1. The Morgan fingerprint density at radius 2 is 2.26 bits per heavy atom. The third-order valence-electron chi connectivity index (χ3n) is 3.90. The van der Waals surface area contributed by atoms with Crippen molar-refractivity contribution in [1.29, 1.82) is 0 Å². The molecule has 3 rings (SSSR count). The van der Waals surface area contributed by atoms with E-state index in [1.54, 1.807) is 23.1 Å². The largest absolute Gasteiger partial charge is 0.366 e. The van der Waals surface area contributed by atoms with Gasteiger partial charge in [-0.15, -0.1) is 0 Å². The molecule has 2 heterocycles. The molecule has 1 atom stereocenters. The van der Waals surface area contributed by atoms with Crippen LogP contribution >= 0.6 is 0 Å². The Morgan fingerprint density at radius 3 is 3.00 bits per heavy atom. The van der Waals surface area contributed by atoms with Crippen LogP contribution in [0.4, 0.5) is 0 Å². The second-order valence-corrected chi connectivity index (χ2v) is 5.45. The molecule has 0 radical (unpaired) electrons. The second kappa shape index (κ2) is 6.89. The van der Waals surface area contributed by atoms with Crippen LogP contribution in [-0.2, 0) is 16.1 Å². The van der Waals surface area contributed by atoms with Crippen LogP contribution in [0, 0.1) is 0 Å². The van der Waals surface area contributed by atoms with Gasteiger partial charge >= 0.3 is 0 Å². The number of carbonyl (C=O) groups excluding carboxylic acids is 1. The number of hydrogen-bond acceptors (Lipinski definition) is 5. The molecule has 2 aromatic rings. The Morgan fingerprint density at radius 1 is 1.43 bits per heavy atom. The first-order valence-electron chi connectivity index (χ1n) is 7.78. The third-order valence-corrected chi connectivity index (χ3v) is 3.90. The zero-order valence-corrected chi connectivity index (χ0v) is 13.0. The molecule has 0 spiro atoms. The van der Waals surface area contributed by atoms with Crippen LogP contribution in [0.15, 0.2) is 29.1 Å². The lowest BCUT2D eigenvalue weighted by Crippen LogP contribution is -2.49. The molecular weight excluding hydrogens is 296 g/mol. The Labute approximate surface area is 133 Å². The second-order valence-electron chi connectivity index (χ2n) is 5.45. The molecule has 1 aromatic carbocycles. The lowest BCUT2D eigenvalue weighted by molar-refractivity contribution is -0.145. The monoisotopic (exact) mass is 316 g/mol. The van der Waals surface area contributed by atoms with Crippen LogP contribution in [0.3, 0.4) is 0 Å². The van der Waals surface area contributed by atoms with E-state index in [2.05, 4.69) is 15.3 Å². The number of ether oxygens (including phenoxy) is 1. The molecule has 1 fully saturated rings. The molecule has 1 aliphatic heterocycles. The number of aromatic amines is 1. The first-order chi connectivity index (χ1) is 11.2.